The number of pyridine rings is 1. The lowest BCUT2D eigenvalue weighted by atomic mass is 10.0. The number of nitrogens with zero attached hydrogens (tertiary/aromatic N) is 1. The number of halogens is 1. The quantitative estimate of drug-likeness (QED) is 0.832. The highest BCUT2D eigenvalue weighted by Gasteiger charge is 2.30. The van der Waals surface area contributed by atoms with Gasteiger partial charge >= 0.3 is 0 Å². The van der Waals surface area contributed by atoms with E-state index in [4.69, 9.17) is 0 Å². The predicted octanol–water partition coefficient (Wildman–Crippen LogP) is 3.99. The molecule has 0 amide bonds. The lowest BCUT2D eigenvalue weighted by Crippen LogP contribution is -2.41. The van der Waals surface area contributed by atoms with Crippen molar-refractivity contribution >= 4 is 27.3 Å². The molecular weight excluding hydrogens is 348 g/mol. The van der Waals surface area contributed by atoms with Crippen LogP contribution in [0.5, 0.6) is 0 Å². The van der Waals surface area contributed by atoms with Crippen molar-refractivity contribution < 1.29 is 4.55 Å². The summed E-state index contributed by atoms with van der Waals surface area (Å²) in [6, 6.07) is 13.6. The van der Waals surface area contributed by atoms with E-state index in [1.54, 1.807) is 6.20 Å². The number of rotatable bonds is 4. The Balaban J connectivity index is 2.33. The van der Waals surface area contributed by atoms with Crippen LogP contribution in [0.3, 0.4) is 0 Å². The van der Waals surface area contributed by atoms with E-state index in [0.717, 1.165) is 15.7 Å². The second-order valence-electron chi connectivity index (χ2n) is 5.74. The number of hydrogen-bond acceptors (Lipinski definition) is 3. The molecule has 0 aliphatic rings. The highest BCUT2D eigenvalue weighted by Crippen LogP contribution is 2.25. The van der Waals surface area contributed by atoms with Crippen molar-refractivity contribution in [3.8, 4) is 0 Å². The molecule has 0 aliphatic heterocycles. The van der Waals surface area contributed by atoms with Crippen LogP contribution in [-0.2, 0) is 11.4 Å². The summed E-state index contributed by atoms with van der Waals surface area (Å²) in [5, 5.41) is 0. The van der Waals surface area contributed by atoms with E-state index in [9.17, 15) is 4.55 Å². The largest absolute Gasteiger partial charge is 0.598 e. The summed E-state index contributed by atoms with van der Waals surface area (Å²) in [7, 11) is 0. The molecule has 0 saturated heterocycles. The van der Waals surface area contributed by atoms with E-state index in [0.29, 0.717) is 0 Å². The Kier molecular flexibility index (Phi) is 5.43. The fourth-order valence-corrected chi connectivity index (χ4v) is 2.85. The minimum absolute atomic E-state index is 0.195. The molecule has 2 aromatic rings. The van der Waals surface area contributed by atoms with Crippen molar-refractivity contribution in [1.82, 2.24) is 9.71 Å². The maximum absolute atomic E-state index is 12.5. The van der Waals surface area contributed by atoms with Gasteiger partial charge in [-0.05, 0) is 54.4 Å². The van der Waals surface area contributed by atoms with Gasteiger partial charge in [0, 0.05) is 22.0 Å². The standard InChI is InChI=1S/C16H19BrN2OS/c1-16(2,3)21(20)19-15(12-7-5-4-6-8-12)14-10-9-13(17)11-18-14/h4-11,15,19H,1-3H3/t15?,21-/m0/s1. The highest BCUT2D eigenvalue weighted by atomic mass is 79.9. The third kappa shape index (κ3) is 4.54. The van der Waals surface area contributed by atoms with Gasteiger partial charge in [0.25, 0.3) is 0 Å². The summed E-state index contributed by atoms with van der Waals surface area (Å²) in [6.07, 6.45) is 1.76. The molecule has 0 radical (unpaired) electrons. The van der Waals surface area contributed by atoms with Crippen molar-refractivity contribution in [2.75, 3.05) is 0 Å². The molecule has 1 unspecified atom stereocenters. The summed E-state index contributed by atoms with van der Waals surface area (Å²) in [5.74, 6) is 0. The molecule has 1 N–H and O–H groups in total. The fourth-order valence-electron chi connectivity index (χ4n) is 1.79. The normalized spacial score (nSPS) is 14.7. The zero-order chi connectivity index (χ0) is 15.5. The van der Waals surface area contributed by atoms with Crippen molar-refractivity contribution in [3.63, 3.8) is 0 Å². The molecule has 3 nitrogen and oxygen atoms in total. The SMILES string of the molecule is CC(C)(C)[S@+]([O-])NC(c1ccccc1)c1ccc(Br)cn1. The van der Waals surface area contributed by atoms with Crippen LogP contribution in [0, 0.1) is 0 Å². The van der Waals surface area contributed by atoms with Crippen LogP contribution >= 0.6 is 15.9 Å². The Morgan fingerprint density at radius 3 is 2.33 bits per heavy atom. The van der Waals surface area contributed by atoms with Gasteiger partial charge in [0.2, 0.25) is 0 Å². The molecule has 0 spiro atoms. The Bertz CT molecular complexity index is 569. The molecule has 112 valence electrons. The third-order valence-corrected chi connectivity index (χ3v) is 4.99. The number of aromatic nitrogens is 1. The summed E-state index contributed by atoms with van der Waals surface area (Å²) < 4.78 is 16.2. The van der Waals surface area contributed by atoms with Crippen LogP contribution in [-0.4, -0.2) is 14.3 Å². The van der Waals surface area contributed by atoms with Crippen molar-refractivity contribution in [2.24, 2.45) is 0 Å². The number of benzene rings is 1. The van der Waals surface area contributed by atoms with Gasteiger partial charge in [0.15, 0.2) is 0 Å². The van der Waals surface area contributed by atoms with Crippen LogP contribution in [0.1, 0.15) is 38.1 Å². The van der Waals surface area contributed by atoms with Crippen LogP contribution in [0.2, 0.25) is 0 Å². The van der Waals surface area contributed by atoms with Crippen molar-refractivity contribution in [3.05, 3.63) is 64.4 Å². The molecule has 1 heterocycles. The van der Waals surface area contributed by atoms with Crippen molar-refractivity contribution in [1.29, 1.82) is 0 Å². The van der Waals surface area contributed by atoms with Gasteiger partial charge in [0.05, 0.1) is 5.69 Å². The first-order chi connectivity index (χ1) is 9.88. The fraction of sp³-hybridized carbons (Fsp3) is 0.312. The molecule has 21 heavy (non-hydrogen) atoms. The van der Waals surface area contributed by atoms with Gasteiger partial charge in [-0.15, -0.1) is 4.72 Å². The van der Waals surface area contributed by atoms with Crippen molar-refractivity contribution in [2.45, 2.75) is 31.6 Å². The zero-order valence-corrected chi connectivity index (χ0v) is 14.7. The van der Waals surface area contributed by atoms with E-state index in [-0.39, 0.29) is 10.8 Å². The average molecular weight is 367 g/mol. The Morgan fingerprint density at radius 1 is 1.14 bits per heavy atom. The molecule has 0 bridgehead atoms. The van der Waals surface area contributed by atoms with Gasteiger partial charge in [-0.3, -0.25) is 4.98 Å². The highest BCUT2D eigenvalue weighted by molar-refractivity contribution is 9.10. The maximum Gasteiger partial charge on any atom is 0.136 e. The molecular formula is C16H19BrN2OS. The smallest absolute Gasteiger partial charge is 0.136 e. The maximum atomic E-state index is 12.5. The lowest BCUT2D eigenvalue weighted by molar-refractivity contribution is 0.534. The van der Waals surface area contributed by atoms with E-state index in [1.807, 2.05) is 63.2 Å². The van der Waals surface area contributed by atoms with E-state index >= 15 is 0 Å². The van der Waals surface area contributed by atoms with E-state index in [2.05, 4.69) is 25.6 Å². The average Bonchev–Trinajstić information content (AvgIpc) is 2.45. The molecule has 1 aromatic heterocycles. The summed E-state index contributed by atoms with van der Waals surface area (Å²) >= 11 is 2.22. The van der Waals surface area contributed by atoms with Crippen LogP contribution in [0.15, 0.2) is 53.1 Å². The minimum Gasteiger partial charge on any atom is -0.598 e. The molecule has 5 heteroatoms. The summed E-state index contributed by atoms with van der Waals surface area (Å²) in [6.45, 7) is 5.85. The van der Waals surface area contributed by atoms with E-state index < -0.39 is 11.4 Å². The minimum atomic E-state index is -1.18. The third-order valence-electron chi connectivity index (χ3n) is 2.96. The molecule has 0 saturated carbocycles. The van der Waals surface area contributed by atoms with Gasteiger partial charge < -0.3 is 4.55 Å². The molecule has 2 rings (SSSR count). The second kappa shape index (κ2) is 6.92. The zero-order valence-electron chi connectivity index (χ0n) is 12.3. The van der Waals surface area contributed by atoms with Gasteiger partial charge in [-0.25, -0.2) is 0 Å². The van der Waals surface area contributed by atoms with Gasteiger partial charge in [-0.1, -0.05) is 30.3 Å². The Labute approximate surface area is 137 Å². The molecule has 0 aliphatic carbocycles. The first kappa shape index (κ1) is 16.5. The predicted molar refractivity (Wildman–Crippen MR) is 91.3 cm³/mol. The van der Waals surface area contributed by atoms with E-state index in [1.165, 1.54) is 0 Å². The number of hydrogen-bond donors (Lipinski definition) is 1. The van der Waals surface area contributed by atoms with Gasteiger partial charge in [-0.2, -0.15) is 0 Å². The first-order valence-electron chi connectivity index (χ1n) is 6.72. The first-order valence-corrected chi connectivity index (χ1v) is 8.66. The monoisotopic (exact) mass is 366 g/mol. The van der Waals surface area contributed by atoms with Crippen LogP contribution < -0.4 is 4.72 Å². The lowest BCUT2D eigenvalue weighted by Gasteiger charge is -2.28. The molecule has 1 aromatic carbocycles. The van der Waals surface area contributed by atoms with Gasteiger partial charge in [0.1, 0.15) is 10.8 Å². The molecule has 2 atom stereocenters. The topological polar surface area (TPSA) is 48.0 Å². The van der Waals surface area contributed by atoms with Crippen LogP contribution in [0.4, 0.5) is 0 Å². The molecule has 0 fully saturated rings. The van der Waals surface area contributed by atoms with Crippen LogP contribution in [0.25, 0.3) is 0 Å². The summed E-state index contributed by atoms with van der Waals surface area (Å²) in [4.78, 5) is 4.45. The number of nitrogens with one attached hydrogen (secondary N) is 1. The Morgan fingerprint density at radius 2 is 1.81 bits per heavy atom. The second-order valence-corrected chi connectivity index (χ2v) is 8.66. The Hall–Kier alpha value is -0.880. The summed E-state index contributed by atoms with van der Waals surface area (Å²) in [5.41, 5.74) is 1.90.